The van der Waals surface area contributed by atoms with E-state index in [4.69, 9.17) is 5.84 Å². The molecule has 0 unspecified atom stereocenters. The SMILES string of the molecule is NNC(=O)c1ccc2nc(-c3ccncc3)[nH]c2c1. The molecule has 0 aliphatic heterocycles. The maximum Gasteiger partial charge on any atom is 0.265 e. The van der Waals surface area contributed by atoms with Crippen LogP contribution < -0.4 is 11.3 Å². The molecular weight excluding hydrogens is 242 g/mol. The fourth-order valence-corrected chi connectivity index (χ4v) is 1.88. The van der Waals surface area contributed by atoms with Crippen molar-refractivity contribution in [3.05, 3.63) is 48.3 Å². The van der Waals surface area contributed by atoms with Crippen molar-refractivity contribution in [1.29, 1.82) is 0 Å². The first-order chi connectivity index (χ1) is 9.28. The predicted octanol–water partition coefficient (Wildman–Crippen LogP) is 1.23. The van der Waals surface area contributed by atoms with Crippen LogP contribution in [0.5, 0.6) is 0 Å². The normalized spacial score (nSPS) is 10.6. The Morgan fingerprint density at radius 1 is 1.21 bits per heavy atom. The van der Waals surface area contributed by atoms with Crippen molar-refractivity contribution in [2.45, 2.75) is 0 Å². The maximum atomic E-state index is 11.5. The number of carbonyl (C=O) groups is 1. The Kier molecular flexibility index (Phi) is 2.70. The number of nitrogen functional groups attached to an aromatic ring is 1. The highest BCUT2D eigenvalue weighted by Crippen LogP contribution is 2.20. The molecule has 0 bridgehead atoms. The Balaban J connectivity index is 2.09. The third kappa shape index (κ3) is 2.04. The number of amides is 1. The van der Waals surface area contributed by atoms with Gasteiger partial charge in [0.25, 0.3) is 5.91 Å². The molecule has 0 saturated heterocycles. The molecule has 0 spiro atoms. The van der Waals surface area contributed by atoms with Crippen LogP contribution in [0.25, 0.3) is 22.4 Å². The van der Waals surface area contributed by atoms with Gasteiger partial charge in [0.2, 0.25) is 0 Å². The van der Waals surface area contributed by atoms with E-state index >= 15 is 0 Å². The molecule has 0 saturated carbocycles. The second-order valence-corrected chi connectivity index (χ2v) is 4.03. The Morgan fingerprint density at radius 3 is 2.74 bits per heavy atom. The molecule has 3 rings (SSSR count). The minimum absolute atomic E-state index is 0.332. The van der Waals surface area contributed by atoms with Gasteiger partial charge in [-0.2, -0.15) is 0 Å². The summed E-state index contributed by atoms with van der Waals surface area (Å²) >= 11 is 0. The summed E-state index contributed by atoms with van der Waals surface area (Å²) in [5, 5.41) is 0. The van der Waals surface area contributed by atoms with Gasteiger partial charge in [0.05, 0.1) is 11.0 Å². The number of aromatic amines is 1. The molecule has 6 heteroatoms. The molecule has 0 aliphatic carbocycles. The van der Waals surface area contributed by atoms with Crippen molar-refractivity contribution in [1.82, 2.24) is 20.4 Å². The van der Waals surface area contributed by atoms with Gasteiger partial charge >= 0.3 is 0 Å². The number of fused-ring (bicyclic) bond motifs is 1. The molecule has 0 aliphatic rings. The number of carbonyl (C=O) groups excluding carboxylic acids is 1. The molecule has 0 fully saturated rings. The summed E-state index contributed by atoms with van der Waals surface area (Å²) in [6.45, 7) is 0. The van der Waals surface area contributed by atoms with Crippen molar-refractivity contribution in [2.24, 2.45) is 5.84 Å². The van der Waals surface area contributed by atoms with Crippen LogP contribution in [0, 0.1) is 0 Å². The summed E-state index contributed by atoms with van der Waals surface area (Å²) in [6, 6.07) is 8.91. The first-order valence-corrected chi connectivity index (χ1v) is 5.69. The number of hydrogen-bond acceptors (Lipinski definition) is 4. The summed E-state index contributed by atoms with van der Waals surface area (Å²) in [4.78, 5) is 23.1. The second-order valence-electron chi connectivity index (χ2n) is 4.03. The number of nitrogens with two attached hydrogens (primary N) is 1. The van der Waals surface area contributed by atoms with Gasteiger partial charge in [0, 0.05) is 23.5 Å². The third-order valence-corrected chi connectivity index (χ3v) is 2.83. The van der Waals surface area contributed by atoms with Crippen LogP contribution in [0.1, 0.15) is 10.4 Å². The molecule has 1 aromatic carbocycles. The van der Waals surface area contributed by atoms with Crippen LogP contribution in [0.2, 0.25) is 0 Å². The zero-order valence-corrected chi connectivity index (χ0v) is 9.92. The van der Waals surface area contributed by atoms with Crippen LogP contribution in [-0.4, -0.2) is 20.9 Å². The van der Waals surface area contributed by atoms with Crippen LogP contribution in [0.15, 0.2) is 42.7 Å². The number of H-pyrrole nitrogens is 1. The number of hydrogen-bond donors (Lipinski definition) is 3. The van der Waals surface area contributed by atoms with Crippen LogP contribution in [0.4, 0.5) is 0 Å². The average molecular weight is 253 g/mol. The molecule has 1 amide bonds. The first-order valence-electron chi connectivity index (χ1n) is 5.69. The smallest absolute Gasteiger partial charge is 0.265 e. The zero-order valence-electron chi connectivity index (χ0n) is 9.92. The van der Waals surface area contributed by atoms with E-state index in [9.17, 15) is 4.79 Å². The van der Waals surface area contributed by atoms with Crippen molar-refractivity contribution < 1.29 is 4.79 Å². The molecule has 2 heterocycles. The lowest BCUT2D eigenvalue weighted by Crippen LogP contribution is -2.29. The quantitative estimate of drug-likeness (QED) is 0.363. The topological polar surface area (TPSA) is 96.7 Å². The lowest BCUT2D eigenvalue weighted by Gasteiger charge is -1.98. The lowest BCUT2D eigenvalue weighted by molar-refractivity contribution is 0.0954. The van der Waals surface area contributed by atoms with Crippen LogP contribution >= 0.6 is 0 Å². The number of aromatic nitrogens is 3. The van der Waals surface area contributed by atoms with Crippen molar-refractivity contribution in [2.75, 3.05) is 0 Å². The fraction of sp³-hybridized carbons (Fsp3) is 0. The summed E-state index contributed by atoms with van der Waals surface area (Å²) in [7, 11) is 0. The van der Waals surface area contributed by atoms with Gasteiger partial charge in [-0.1, -0.05) is 0 Å². The van der Waals surface area contributed by atoms with E-state index in [1.165, 1.54) is 0 Å². The molecular formula is C13H11N5O. The Hall–Kier alpha value is -2.73. The molecule has 2 aromatic heterocycles. The summed E-state index contributed by atoms with van der Waals surface area (Å²) < 4.78 is 0. The number of benzene rings is 1. The number of rotatable bonds is 2. The van der Waals surface area contributed by atoms with Crippen molar-refractivity contribution >= 4 is 16.9 Å². The Bertz CT molecular complexity index is 735. The molecule has 0 atom stereocenters. The van der Waals surface area contributed by atoms with Gasteiger partial charge in [-0.3, -0.25) is 15.2 Å². The number of hydrazine groups is 1. The molecule has 4 N–H and O–H groups in total. The molecule has 6 nitrogen and oxygen atoms in total. The maximum absolute atomic E-state index is 11.5. The monoisotopic (exact) mass is 253 g/mol. The zero-order chi connectivity index (χ0) is 13.2. The predicted molar refractivity (Wildman–Crippen MR) is 71.0 cm³/mol. The highest BCUT2D eigenvalue weighted by atomic mass is 16.2. The van der Waals surface area contributed by atoms with Gasteiger partial charge in [0.1, 0.15) is 5.82 Å². The lowest BCUT2D eigenvalue weighted by atomic mass is 10.2. The number of nitrogens with zero attached hydrogens (tertiary/aromatic N) is 2. The molecule has 94 valence electrons. The van der Waals surface area contributed by atoms with E-state index in [0.29, 0.717) is 5.56 Å². The van der Waals surface area contributed by atoms with Gasteiger partial charge in [0.15, 0.2) is 0 Å². The van der Waals surface area contributed by atoms with Crippen LogP contribution in [-0.2, 0) is 0 Å². The van der Waals surface area contributed by atoms with E-state index in [1.807, 2.05) is 12.1 Å². The van der Waals surface area contributed by atoms with E-state index in [-0.39, 0.29) is 5.91 Å². The van der Waals surface area contributed by atoms with E-state index in [1.54, 1.807) is 30.6 Å². The van der Waals surface area contributed by atoms with Gasteiger partial charge in [-0.15, -0.1) is 0 Å². The van der Waals surface area contributed by atoms with Gasteiger partial charge in [-0.25, -0.2) is 10.8 Å². The van der Waals surface area contributed by atoms with Crippen molar-refractivity contribution in [3.63, 3.8) is 0 Å². The summed E-state index contributed by atoms with van der Waals surface area (Å²) in [5.74, 6) is 5.52. The average Bonchev–Trinajstić information content (AvgIpc) is 2.90. The van der Waals surface area contributed by atoms with E-state index < -0.39 is 0 Å². The van der Waals surface area contributed by atoms with E-state index in [2.05, 4.69) is 20.4 Å². The van der Waals surface area contributed by atoms with E-state index in [0.717, 1.165) is 22.4 Å². The summed E-state index contributed by atoms with van der Waals surface area (Å²) in [6.07, 6.45) is 3.41. The first kappa shape index (κ1) is 11.4. The minimum atomic E-state index is -0.332. The Morgan fingerprint density at radius 2 is 2.00 bits per heavy atom. The van der Waals surface area contributed by atoms with Gasteiger partial charge in [-0.05, 0) is 30.3 Å². The second kappa shape index (κ2) is 4.51. The number of imidazole rings is 1. The van der Waals surface area contributed by atoms with Crippen LogP contribution in [0.3, 0.4) is 0 Å². The molecule has 19 heavy (non-hydrogen) atoms. The summed E-state index contributed by atoms with van der Waals surface area (Å²) in [5.41, 5.74) is 5.11. The highest BCUT2D eigenvalue weighted by molar-refractivity contribution is 5.97. The third-order valence-electron chi connectivity index (χ3n) is 2.83. The number of pyridine rings is 1. The number of nitrogens with one attached hydrogen (secondary N) is 2. The molecule has 3 aromatic rings. The standard InChI is InChI=1S/C13H11N5O/c14-18-13(19)9-1-2-10-11(7-9)17-12(16-10)8-3-5-15-6-4-8/h1-7H,14H2,(H,16,17)(H,18,19). The fourth-order valence-electron chi connectivity index (χ4n) is 1.88. The van der Waals surface area contributed by atoms with Gasteiger partial charge < -0.3 is 4.98 Å². The van der Waals surface area contributed by atoms with Crippen molar-refractivity contribution in [3.8, 4) is 11.4 Å². The largest absolute Gasteiger partial charge is 0.338 e. The molecule has 0 radical (unpaired) electrons. The highest BCUT2D eigenvalue weighted by Gasteiger charge is 2.08. The Labute approximate surface area is 108 Å². The minimum Gasteiger partial charge on any atom is -0.338 e.